The molecule has 0 unspecified atom stereocenters. The maximum absolute atomic E-state index is 11.7. The molecule has 2 rings (SSSR count). The zero-order valence-corrected chi connectivity index (χ0v) is 9.97. The lowest BCUT2D eigenvalue weighted by Crippen LogP contribution is -2.02. The van der Waals surface area contributed by atoms with Gasteiger partial charge in [0.15, 0.2) is 0 Å². The third kappa shape index (κ3) is 1.40. The molecule has 0 aliphatic carbocycles. The first-order chi connectivity index (χ1) is 7.56. The van der Waals surface area contributed by atoms with Crippen molar-refractivity contribution in [3.8, 4) is 0 Å². The van der Waals surface area contributed by atoms with Crippen molar-refractivity contribution in [2.45, 2.75) is 20.8 Å². The van der Waals surface area contributed by atoms with E-state index in [0.717, 1.165) is 16.6 Å². The van der Waals surface area contributed by atoms with Crippen LogP contribution in [0.5, 0.6) is 0 Å². The maximum atomic E-state index is 11.7. The lowest BCUT2D eigenvalue weighted by molar-refractivity contribution is 0.0602. The predicted octanol–water partition coefficient (Wildman–Crippen LogP) is 2.88. The molecule has 1 N–H and O–H groups in total. The van der Waals surface area contributed by atoms with Crippen molar-refractivity contribution in [3.05, 3.63) is 34.5 Å². The highest BCUT2D eigenvalue weighted by Gasteiger charge is 2.17. The highest BCUT2D eigenvalue weighted by molar-refractivity contribution is 6.06. The third-order valence-corrected chi connectivity index (χ3v) is 3.08. The number of aromatic nitrogens is 1. The Morgan fingerprint density at radius 1 is 1.25 bits per heavy atom. The Balaban J connectivity index is 2.82. The van der Waals surface area contributed by atoms with Gasteiger partial charge in [-0.25, -0.2) is 4.79 Å². The van der Waals surface area contributed by atoms with Gasteiger partial charge in [0.05, 0.1) is 12.7 Å². The summed E-state index contributed by atoms with van der Waals surface area (Å²) in [5, 5.41) is 0.937. The summed E-state index contributed by atoms with van der Waals surface area (Å²) < 4.78 is 4.79. The Morgan fingerprint density at radius 2 is 1.94 bits per heavy atom. The molecule has 0 radical (unpaired) electrons. The SMILES string of the molecule is COC(=O)c1c(C)[nH]c2c(C)c(C)ccc12. The van der Waals surface area contributed by atoms with E-state index in [-0.39, 0.29) is 5.97 Å². The molecule has 1 aromatic heterocycles. The normalized spacial score (nSPS) is 10.8. The van der Waals surface area contributed by atoms with Crippen LogP contribution in [0.15, 0.2) is 12.1 Å². The van der Waals surface area contributed by atoms with Crippen LogP contribution in [-0.4, -0.2) is 18.1 Å². The number of aryl methyl sites for hydroxylation is 3. The quantitative estimate of drug-likeness (QED) is 0.746. The van der Waals surface area contributed by atoms with E-state index in [0.29, 0.717) is 5.56 Å². The van der Waals surface area contributed by atoms with Gasteiger partial charge >= 0.3 is 5.97 Å². The summed E-state index contributed by atoms with van der Waals surface area (Å²) in [6, 6.07) is 3.99. The van der Waals surface area contributed by atoms with Crippen molar-refractivity contribution in [2.24, 2.45) is 0 Å². The van der Waals surface area contributed by atoms with Crippen LogP contribution in [0.3, 0.4) is 0 Å². The van der Waals surface area contributed by atoms with Crippen molar-refractivity contribution in [1.82, 2.24) is 4.98 Å². The van der Waals surface area contributed by atoms with Crippen LogP contribution in [0.4, 0.5) is 0 Å². The molecule has 0 aliphatic rings. The molecule has 0 fully saturated rings. The van der Waals surface area contributed by atoms with E-state index in [1.807, 2.05) is 19.1 Å². The molecule has 0 bridgehead atoms. The number of carbonyl (C=O) groups excluding carboxylic acids is 1. The molecule has 0 saturated carbocycles. The van der Waals surface area contributed by atoms with Gasteiger partial charge in [-0.2, -0.15) is 0 Å². The fourth-order valence-corrected chi connectivity index (χ4v) is 2.00. The van der Waals surface area contributed by atoms with E-state index in [9.17, 15) is 4.79 Å². The fraction of sp³-hybridized carbons (Fsp3) is 0.308. The maximum Gasteiger partial charge on any atom is 0.340 e. The van der Waals surface area contributed by atoms with Crippen LogP contribution in [0.2, 0.25) is 0 Å². The van der Waals surface area contributed by atoms with Gasteiger partial charge in [-0.3, -0.25) is 0 Å². The Kier molecular flexibility index (Phi) is 2.46. The van der Waals surface area contributed by atoms with E-state index in [2.05, 4.69) is 18.8 Å². The van der Waals surface area contributed by atoms with Gasteiger partial charge < -0.3 is 9.72 Å². The van der Waals surface area contributed by atoms with Crippen molar-refractivity contribution < 1.29 is 9.53 Å². The van der Waals surface area contributed by atoms with Crippen LogP contribution in [0.25, 0.3) is 10.9 Å². The number of rotatable bonds is 1. The van der Waals surface area contributed by atoms with Crippen molar-refractivity contribution >= 4 is 16.9 Å². The number of benzene rings is 1. The summed E-state index contributed by atoms with van der Waals surface area (Å²) in [5.41, 5.74) is 4.91. The van der Waals surface area contributed by atoms with E-state index in [1.54, 1.807) is 0 Å². The van der Waals surface area contributed by atoms with Gasteiger partial charge in [-0.1, -0.05) is 12.1 Å². The average Bonchev–Trinajstić information content (AvgIpc) is 2.60. The molecule has 3 heteroatoms. The number of esters is 1. The minimum atomic E-state index is -0.285. The number of ether oxygens (including phenoxy) is 1. The summed E-state index contributed by atoms with van der Waals surface area (Å²) >= 11 is 0. The van der Waals surface area contributed by atoms with Crippen LogP contribution in [-0.2, 0) is 4.74 Å². The molecule has 0 atom stereocenters. The molecule has 3 nitrogen and oxygen atoms in total. The molecule has 0 saturated heterocycles. The predicted molar refractivity (Wildman–Crippen MR) is 63.8 cm³/mol. The van der Waals surface area contributed by atoms with Gasteiger partial charge in [0.1, 0.15) is 0 Å². The van der Waals surface area contributed by atoms with Gasteiger partial charge in [0.2, 0.25) is 0 Å². The molecule has 0 spiro atoms. The topological polar surface area (TPSA) is 42.1 Å². The van der Waals surface area contributed by atoms with E-state index >= 15 is 0 Å². The molecule has 16 heavy (non-hydrogen) atoms. The van der Waals surface area contributed by atoms with Crippen LogP contribution < -0.4 is 0 Å². The molecule has 1 aromatic carbocycles. The van der Waals surface area contributed by atoms with E-state index in [1.165, 1.54) is 18.2 Å². The number of H-pyrrole nitrogens is 1. The van der Waals surface area contributed by atoms with E-state index < -0.39 is 0 Å². The second kappa shape index (κ2) is 3.67. The van der Waals surface area contributed by atoms with Crippen molar-refractivity contribution in [3.63, 3.8) is 0 Å². The Labute approximate surface area is 94.4 Å². The average molecular weight is 217 g/mol. The molecule has 2 aromatic rings. The molecule has 84 valence electrons. The zero-order chi connectivity index (χ0) is 11.9. The summed E-state index contributed by atoms with van der Waals surface area (Å²) in [6.07, 6.45) is 0. The van der Waals surface area contributed by atoms with E-state index in [4.69, 9.17) is 4.74 Å². The lowest BCUT2D eigenvalue weighted by Gasteiger charge is -2.02. The number of fused-ring (bicyclic) bond motifs is 1. The molecule has 0 amide bonds. The van der Waals surface area contributed by atoms with Gasteiger partial charge in [0, 0.05) is 16.6 Å². The largest absolute Gasteiger partial charge is 0.465 e. The number of hydrogen-bond donors (Lipinski definition) is 1. The first kappa shape index (κ1) is 10.7. The standard InChI is InChI=1S/C13H15NO2/c1-7-5-6-10-11(13(15)16-4)9(3)14-12(10)8(7)2/h5-6,14H,1-4H3. The summed E-state index contributed by atoms with van der Waals surface area (Å²) in [4.78, 5) is 14.9. The number of carbonyl (C=O) groups is 1. The summed E-state index contributed by atoms with van der Waals surface area (Å²) in [7, 11) is 1.40. The number of methoxy groups -OCH3 is 1. The van der Waals surface area contributed by atoms with Gasteiger partial charge in [-0.05, 0) is 31.9 Å². The first-order valence-corrected chi connectivity index (χ1v) is 5.23. The zero-order valence-electron chi connectivity index (χ0n) is 9.97. The second-order valence-electron chi connectivity index (χ2n) is 4.05. The number of aromatic amines is 1. The van der Waals surface area contributed by atoms with Gasteiger partial charge in [-0.15, -0.1) is 0 Å². The number of nitrogens with one attached hydrogen (secondary N) is 1. The smallest absolute Gasteiger partial charge is 0.340 e. The first-order valence-electron chi connectivity index (χ1n) is 5.23. The third-order valence-electron chi connectivity index (χ3n) is 3.08. The van der Waals surface area contributed by atoms with Crippen molar-refractivity contribution in [2.75, 3.05) is 7.11 Å². The highest BCUT2D eigenvalue weighted by atomic mass is 16.5. The summed E-state index contributed by atoms with van der Waals surface area (Å²) in [5.74, 6) is -0.285. The molecule has 0 aliphatic heterocycles. The Bertz CT molecular complexity index is 567. The lowest BCUT2D eigenvalue weighted by atomic mass is 10.0. The minimum Gasteiger partial charge on any atom is -0.465 e. The molecular formula is C13H15NO2. The fourth-order valence-electron chi connectivity index (χ4n) is 2.00. The monoisotopic (exact) mass is 217 g/mol. The van der Waals surface area contributed by atoms with Crippen LogP contribution >= 0.6 is 0 Å². The minimum absolute atomic E-state index is 0.285. The second-order valence-corrected chi connectivity index (χ2v) is 4.05. The number of hydrogen-bond acceptors (Lipinski definition) is 2. The highest BCUT2D eigenvalue weighted by Crippen LogP contribution is 2.27. The molecule has 1 heterocycles. The van der Waals surface area contributed by atoms with Crippen molar-refractivity contribution in [1.29, 1.82) is 0 Å². The molecular weight excluding hydrogens is 202 g/mol. The Hall–Kier alpha value is -1.77. The van der Waals surface area contributed by atoms with Crippen LogP contribution in [0, 0.1) is 20.8 Å². The van der Waals surface area contributed by atoms with Gasteiger partial charge in [0.25, 0.3) is 0 Å². The summed E-state index contributed by atoms with van der Waals surface area (Å²) in [6.45, 7) is 6.00. The van der Waals surface area contributed by atoms with Crippen LogP contribution in [0.1, 0.15) is 27.2 Å². The Morgan fingerprint density at radius 3 is 2.56 bits per heavy atom.